The zero-order chi connectivity index (χ0) is 17.2. The number of benzene rings is 1. The van der Waals surface area contributed by atoms with Gasteiger partial charge in [0.25, 0.3) is 0 Å². The van der Waals surface area contributed by atoms with Crippen LogP contribution in [-0.2, 0) is 21.2 Å². The molecular weight excluding hydrogens is 336 g/mol. The Morgan fingerprint density at radius 3 is 2.64 bits per heavy atom. The Hall–Kier alpha value is -1.40. The van der Waals surface area contributed by atoms with Gasteiger partial charge >= 0.3 is 0 Å². The first-order valence-electron chi connectivity index (χ1n) is 9.48. The number of fused-ring (bicyclic) bond motifs is 3. The summed E-state index contributed by atoms with van der Waals surface area (Å²) in [5.41, 5.74) is 1.88. The van der Waals surface area contributed by atoms with Crippen molar-refractivity contribution in [2.45, 2.75) is 55.9 Å². The van der Waals surface area contributed by atoms with E-state index in [0.717, 1.165) is 43.4 Å². The van der Waals surface area contributed by atoms with Crippen molar-refractivity contribution in [3.8, 4) is 0 Å². The van der Waals surface area contributed by atoms with Crippen LogP contribution in [0.1, 0.15) is 44.1 Å². The molecule has 0 unspecified atom stereocenters. The SMILES string of the molecule is O=C(C1CC1)N1CCc2cc(S(=O)(=O)N[C@H]3C[C@H]4CC[C@H]3C4)ccc21. The summed E-state index contributed by atoms with van der Waals surface area (Å²) in [7, 11) is -3.48. The third-order valence-corrected chi connectivity index (χ3v) is 7.98. The van der Waals surface area contributed by atoms with E-state index in [4.69, 9.17) is 0 Å². The van der Waals surface area contributed by atoms with Crippen molar-refractivity contribution in [3.63, 3.8) is 0 Å². The second kappa shape index (κ2) is 5.55. The summed E-state index contributed by atoms with van der Waals surface area (Å²) in [6.45, 7) is 0.675. The topological polar surface area (TPSA) is 66.5 Å². The molecule has 3 aliphatic carbocycles. The first-order valence-corrected chi connectivity index (χ1v) is 11.0. The summed E-state index contributed by atoms with van der Waals surface area (Å²) in [4.78, 5) is 14.5. The number of amides is 1. The number of sulfonamides is 1. The van der Waals surface area contributed by atoms with E-state index in [1.165, 1.54) is 12.8 Å². The van der Waals surface area contributed by atoms with Crippen molar-refractivity contribution in [1.82, 2.24) is 4.72 Å². The van der Waals surface area contributed by atoms with Crippen molar-refractivity contribution >= 4 is 21.6 Å². The predicted molar refractivity (Wildman–Crippen MR) is 94.8 cm³/mol. The Morgan fingerprint density at radius 1 is 1.12 bits per heavy atom. The summed E-state index contributed by atoms with van der Waals surface area (Å²) >= 11 is 0. The highest BCUT2D eigenvalue weighted by Gasteiger charge is 2.41. The van der Waals surface area contributed by atoms with Crippen molar-refractivity contribution in [3.05, 3.63) is 23.8 Å². The predicted octanol–water partition coefficient (Wildman–Crippen LogP) is 2.45. The van der Waals surface area contributed by atoms with Crippen LogP contribution in [0.2, 0.25) is 0 Å². The molecule has 134 valence electrons. The molecule has 0 radical (unpaired) electrons. The molecule has 6 heteroatoms. The van der Waals surface area contributed by atoms with E-state index < -0.39 is 10.0 Å². The van der Waals surface area contributed by atoms with Crippen LogP contribution in [0.5, 0.6) is 0 Å². The van der Waals surface area contributed by atoms with E-state index in [-0.39, 0.29) is 17.9 Å². The average Bonchev–Trinajstić information content (AvgIpc) is 3.03. The zero-order valence-electron chi connectivity index (χ0n) is 14.3. The Labute approximate surface area is 148 Å². The Morgan fingerprint density at radius 2 is 1.96 bits per heavy atom. The van der Waals surface area contributed by atoms with E-state index in [1.807, 2.05) is 11.0 Å². The second-order valence-corrected chi connectivity index (χ2v) is 9.92. The van der Waals surface area contributed by atoms with E-state index in [2.05, 4.69) is 4.72 Å². The number of nitrogens with zero attached hydrogens (tertiary/aromatic N) is 1. The average molecular weight is 360 g/mol. The van der Waals surface area contributed by atoms with Gasteiger partial charge in [-0.1, -0.05) is 6.42 Å². The molecule has 1 heterocycles. The third-order valence-electron chi connectivity index (χ3n) is 6.49. The number of anilines is 1. The minimum atomic E-state index is -3.48. The number of carbonyl (C=O) groups excluding carboxylic acids is 1. The molecule has 1 aromatic carbocycles. The number of carbonyl (C=O) groups is 1. The van der Waals surface area contributed by atoms with Gasteiger partial charge in [0.1, 0.15) is 0 Å². The molecular formula is C19H24N2O3S. The van der Waals surface area contributed by atoms with E-state index in [1.54, 1.807) is 12.1 Å². The van der Waals surface area contributed by atoms with Crippen LogP contribution in [0.15, 0.2) is 23.1 Å². The summed E-state index contributed by atoms with van der Waals surface area (Å²) < 4.78 is 28.6. The zero-order valence-corrected chi connectivity index (χ0v) is 15.1. The van der Waals surface area contributed by atoms with Gasteiger partial charge in [-0.2, -0.15) is 0 Å². The molecule has 5 rings (SSSR count). The highest BCUT2D eigenvalue weighted by molar-refractivity contribution is 7.89. The van der Waals surface area contributed by atoms with Crippen LogP contribution < -0.4 is 9.62 Å². The van der Waals surface area contributed by atoms with Gasteiger partial charge in [0.05, 0.1) is 4.90 Å². The molecule has 3 saturated carbocycles. The summed E-state index contributed by atoms with van der Waals surface area (Å²) in [5, 5.41) is 0. The van der Waals surface area contributed by atoms with Gasteiger partial charge in [0.2, 0.25) is 15.9 Å². The van der Waals surface area contributed by atoms with Gasteiger partial charge < -0.3 is 4.90 Å². The molecule has 0 spiro atoms. The highest BCUT2D eigenvalue weighted by atomic mass is 32.2. The van der Waals surface area contributed by atoms with E-state index in [9.17, 15) is 13.2 Å². The molecule has 2 bridgehead atoms. The molecule has 3 fully saturated rings. The van der Waals surface area contributed by atoms with Gasteiger partial charge in [-0.05, 0) is 74.1 Å². The van der Waals surface area contributed by atoms with Crippen LogP contribution in [-0.4, -0.2) is 26.9 Å². The standard InChI is InChI=1S/C19H24N2O3S/c22-19(13-3-4-13)21-8-7-15-11-16(5-6-18(15)21)25(23,24)20-17-10-12-1-2-14(17)9-12/h5-6,11-14,17,20H,1-4,7-10H2/t12-,14-,17-/m0/s1. The number of hydrogen-bond donors (Lipinski definition) is 1. The number of hydrogen-bond acceptors (Lipinski definition) is 3. The molecule has 0 aromatic heterocycles. The second-order valence-electron chi connectivity index (χ2n) is 8.21. The van der Waals surface area contributed by atoms with Crippen molar-refractivity contribution < 1.29 is 13.2 Å². The maximum Gasteiger partial charge on any atom is 0.240 e. The van der Waals surface area contributed by atoms with Crippen LogP contribution in [0.3, 0.4) is 0 Å². The largest absolute Gasteiger partial charge is 0.312 e. The molecule has 5 nitrogen and oxygen atoms in total. The van der Waals surface area contributed by atoms with Crippen molar-refractivity contribution in [2.75, 3.05) is 11.4 Å². The number of nitrogens with one attached hydrogen (secondary N) is 1. The van der Waals surface area contributed by atoms with Gasteiger partial charge in [-0.3, -0.25) is 4.79 Å². The monoisotopic (exact) mass is 360 g/mol. The lowest BCUT2D eigenvalue weighted by Crippen LogP contribution is -2.38. The number of rotatable bonds is 4. The molecule has 3 atom stereocenters. The molecule has 0 saturated heterocycles. The van der Waals surface area contributed by atoms with E-state index in [0.29, 0.717) is 23.3 Å². The lowest BCUT2D eigenvalue weighted by molar-refractivity contribution is -0.119. The van der Waals surface area contributed by atoms with Gasteiger partial charge in [-0.25, -0.2) is 13.1 Å². The van der Waals surface area contributed by atoms with Crippen molar-refractivity contribution in [2.24, 2.45) is 17.8 Å². The molecule has 1 aromatic rings. The maximum atomic E-state index is 12.8. The smallest absolute Gasteiger partial charge is 0.240 e. The molecule has 1 N–H and O–H groups in total. The highest BCUT2D eigenvalue weighted by Crippen LogP contribution is 2.45. The van der Waals surface area contributed by atoms with Crippen molar-refractivity contribution in [1.29, 1.82) is 0 Å². The maximum absolute atomic E-state index is 12.8. The summed E-state index contributed by atoms with van der Waals surface area (Å²) in [5.74, 6) is 1.61. The van der Waals surface area contributed by atoms with Gasteiger partial charge in [0.15, 0.2) is 0 Å². The fourth-order valence-corrected chi connectivity index (χ4v) is 6.35. The van der Waals surface area contributed by atoms with Gasteiger partial charge in [-0.15, -0.1) is 0 Å². The first-order chi connectivity index (χ1) is 12.0. The lowest BCUT2D eigenvalue weighted by atomic mass is 9.96. The molecule has 25 heavy (non-hydrogen) atoms. The Kier molecular flexibility index (Phi) is 3.51. The van der Waals surface area contributed by atoms with Crippen LogP contribution in [0, 0.1) is 17.8 Å². The first kappa shape index (κ1) is 15.8. The lowest BCUT2D eigenvalue weighted by Gasteiger charge is -2.23. The quantitative estimate of drug-likeness (QED) is 0.897. The van der Waals surface area contributed by atoms with Crippen LogP contribution in [0.25, 0.3) is 0 Å². The molecule has 1 aliphatic heterocycles. The summed E-state index contributed by atoms with van der Waals surface area (Å²) in [6, 6.07) is 5.35. The van der Waals surface area contributed by atoms with Gasteiger partial charge in [0, 0.05) is 24.2 Å². The minimum absolute atomic E-state index is 0.102. The Bertz CT molecular complexity index is 831. The Balaban J connectivity index is 1.37. The third kappa shape index (κ3) is 2.70. The summed E-state index contributed by atoms with van der Waals surface area (Å²) in [6.07, 6.45) is 7.29. The fraction of sp³-hybridized carbons (Fsp3) is 0.632. The fourth-order valence-electron chi connectivity index (χ4n) is 4.98. The van der Waals surface area contributed by atoms with Crippen LogP contribution in [0.4, 0.5) is 5.69 Å². The molecule has 4 aliphatic rings. The molecule has 1 amide bonds. The minimum Gasteiger partial charge on any atom is -0.312 e. The normalized spacial score (nSPS) is 30.7. The van der Waals surface area contributed by atoms with E-state index >= 15 is 0 Å². The van der Waals surface area contributed by atoms with Crippen LogP contribution >= 0.6 is 0 Å².